The van der Waals surface area contributed by atoms with Crippen LogP contribution in [0.3, 0.4) is 0 Å². The Bertz CT molecular complexity index is 1330. The fourth-order valence-electron chi connectivity index (χ4n) is 5.72. The maximum Gasteiger partial charge on any atom is 0.231 e. The Morgan fingerprint density at radius 2 is 1.51 bits per heavy atom. The van der Waals surface area contributed by atoms with Crippen LogP contribution < -0.4 is 9.47 Å². The molecule has 1 atom stereocenters. The summed E-state index contributed by atoms with van der Waals surface area (Å²) in [6.07, 6.45) is 0. The average Bonchev–Trinajstić information content (AvgIpc) is 3.44. The minimum absolute atomic E-state index is 0.0701. The summed E-state index contributed by atoms with van der Waals surface area (Å²) in [5.74, 6) is 1.64. The summed E-state index contributed by atoms with van der Waals surface area (Å²) in [5, 5.41) is 0. The smallest absolute Gasteiger partial charge is 0.231 e. The quantitative estimate of drug-likeness (QED) is 0.478. The lowest BCUT2D eigenvalue weighted by molar-refractivity contribution is 0.00191. The number of hydrogen-bond acceptors (Lipinski definition) is 5. The van der Waals surface area contributed by atoms with E-state index in [-0.39, 0.29) is 12.6 Å². The highest BCUT2D eigenvalue weighted by molar-refractivity contribution is 6.08. The zero-order valence-corrected chi connectivity index (χ0v) is 20.4. The van der Waals surface area contributed by atoms with Gasteiger partial charge in [0.1, 0.15) is 0 Å². The Labute approximate surface area is 205 Å². The minimum atomic E-state index is -0.405. The van der Waals surface area contributed by atoms with Gasteiger partial charge in [-0.05, 0) is 66.3 Å². The molecule has 5 nitrogen and oxygen atoms in total. The Morgan fingerprint density at radius 3 is 2.17 bits per heavy atom. The van der Waals surface area contributed by atoms with Gasteiger partial charge < -0.3 is 14.2 Å². The molecule has 6 rings (SSSR count). The molecular weight excluding hydrogens is 438 g/mol. The molecule has 0 amide bonds. The Morgan fingerprint density at radius 1 is 0.886 bits per heavy atom. The van der Waals surface area contributed by atoms with Crippen LogP contribution in [0.15, 0.2) is 60.7 Å². The second kappa shape index (κ2) is 8.36. The third-order valence-electron chi connectivity index (χ3n) is 7.61. The highest BCUT2D eigenvalue weighted by Crippen LogP contribution is 2.57. The van der Waals surface area contributed by atoms with Crippen molar-refractivity contribution in [3.05, 3.63) is 94.0 Å². The fraction of sp³-hybridized carbons (Fsp3) is 0.300. The van der Waals surface area contributed by atoms with Gasteiger partial charge in [0.25, 0.3) is 0 Å². The molecular formula is C30H29NO4. The van der Waals surface area contributed by atoms with Gasteiger partial charge in [-0.1, -0.05) is 54.1 Å². The summed E-state index contributed by atoms with van der Waals surface area (Å²) in [6.45, 7) is 9.35. The number of ketones is 1. The first-order chi connectivity index (χ1) is 17.0. The van der Waals surface area contributed by atoms with Crippen molar-refractivity contribution in [1.29, 1.82) is 0 Å². The zero-order valence-electron chi connectivity index (χ0n) is 20.4. The topological polar surface area (TPSA) is 48.0 Å². The summed E-state index contributed by atoms with van der Waals surface area (Å²) in [6, 6.07) is 21.1. The van der Waals surface area contributed by atoms with Crippen LogP contribution >= 0.6 is 0 Å². The molecule has 3 aliphatic rings. The molecule has 0 radical (unpaired) electrons. The van der Waals surface area contributed by atoms with Crippen molar-refractivity contribution in [3.63, 3.8) is 0 Å². The molecule has 1 aliphatic carbocycles. The molecule has 5 heteroatoms. The number of benzene rings is 3. The van der Waals surface area contributed by atoms with Crippen LogP contribution in [0.5, 0.6) is 11.5 Å². The maximum absolute atomic E-state index is 12.0. The minimum Gasteiger partial charge on any atom is -0.454 e. The molecule has 0 bridgehead atoms. The molecule has 2 aliphatic heterocycles. The van der Waals surface area contributed by atoms with Crippen LogP contribution in [-0.2, 0) is 10.3 Å². The number of carbonyl (C=O) groups is 1. The van der Waals surface area contributed by atoms with Crippen LogP contribution in [0.4, 0.5) is 0 Å². The van der Waals surface area contributed by atoms with E-state index in [9.17, 15) is 4.79 Å². The third-order valence-corrected chi connectivity index (χ3v) is 7.61. The molecule has 35 heavy (non-hydrogen) atoms. The second-order valence-corrected chi connectivity index (χ2v) is 9.67. The number of aryl methyl sites for hydroxylation is 1. The summed E-state index contributed by atoms with van der Waals surface area (Å²) in [4.78, 5) is 14.5. The van der Waals surface area contributed by atoms with Crippen LogP contribution in [0.1, 0.15) is 52.0 Å². The SMILES string of the molecule is CC(=O)c1ccc(C2=C(c3ccc(C)cc3)c3cc4c(cc3C2(C)N2CCOCC2)OCO4)cc1. The lowest BCUT2D eigenvalue weighted by atomic mass is 9.81. The molecule has 1 fully saturated rings. The van der Waals surface area contributed by atoms with E-state index in [2.05, 4.69) is 67.3 Å². The van der Waals surface area contributed by atoms with Gasteiger partial charge in [0.2, 0.25) is 6.79 Å². The van der Waals surface area contributed by atoms with E-state index >= 15 is 0 Å². The van der Waals surface area contributed by atoms with Crippen molar-refractivity contribution in [2.24, 2.45) is 0 Å². The van der Waals surface area contributed by atoms with Gasteiger partial charge in [-0.2, -0.15) is 0 Å². The van der Waals surface area contributed by atoms with E-state index in [1.54, 1.807) is 6.92 Å². The van der Waals surface area contributed by atoms with E-state index in [0.29, 0.717) is 13.2 Å². The predicted octanol–water partition coefficient (Wildman–Crippen LogP) is 5.45. The highest BCUT2D eigenvalue weighted by atomic mass is 16.7. The number of ether oxygens (including phenoxy) is 3. The Kier molecular flexibility index (Phi) is 5.28. The average molecular weight is 468 g/mol. The van der Waals surface area contributed by atoms with Gasteiger partial charge in [-0.3, -0.25) is 9.69 Å². The summed E-state index contributed by atoms with van der Waals surface area (Å²) in [5.41, 5.74) is 8.62. The van der Waals surface area contributed by atoms with E-state index in [0.717, 1.165) is 41.3 Å². The van der Waals surface area contributed by atoms with Crippen molar-refractivity contribution >= 4 is 16.9 Å². The first kappa shape index (κ1) is 22.1. The van der Waals surface area contributed by atoms with Crippen molar-refractivity contribution in [2.75, 3.05) is 33.1 Å². The molecule has 1 unspecified atom stereocenters. The van der Waals surface area contributed by atoms with Gasteiger partial charge >= 0.3 is 0 Å². The number of hydrogen-bond donors (Lipinski definition) is 0. The van der Waals surface area contributed by atoms with E-state index < -0.39 is 5.54 Å². The normalized spacial score (nSPS) is 21.3. The number of nitrogens with zero attached hydrogens (tertiary/aromatic N) is 1. The summed E-state index contributed by atoms with van der Waals surface area (Å²) >= 11 is 0. The second-order valence-electron chi connectivity index (χ2n) is 9.67. The molecule has 0 spiro atoms. The number of Topliss-reactive ketones (excluding diaryl/α,β-unsaturated/α-hetero) is 1. The first-order valence-corrected chi connectivity index (χ1v) is 12.2. The molecule has 0 aromatic heterocycles. The van der Waals surface area contributed by atoms with Crippen molar-refractivity contribution in [1.82, 2.24) is 4.90 Å². The van der Waals surface area contributed by atoms with Crippen LogP contribution in [-0.4, -0.2) is 43.8 Å². The van der Waals surface area contributed by atoms with Crippen molar-refractivity contribution in [3.8, 4) is 11.5 Å². The van der Waals surface area contributed by atoms with Crippen LogP contribution in [0.25, 0.3) is 11.1 Å². The summed E-state index contributed by atoms with van der Waals surface area (Å²) < 4.78 is 17.4. The maximum atomic E-state index is 12.0. The first-order valence-electron chi connectivity index (χ1n) is 12.2. The number of carbonyl (C=O) groups excluding carboxylic acids is 1. The Balaban J connectivity index is 1.66. The van der Waals surface area contributed by atoms with E-state index in [4.69, 9.17) is 14.2 Å². The number of rotatable bonds is 4. The largest absolute Gasteiger partial charge is 0.454 e. The van der Waals surface area contributed by atoms with Gasteiger partial charge in [-0.15, -0.1) is 0 Å². The van der Waals surface area contributed by atoms with Gasteiger partial charge in [0, 0.05) is 18.7 Å². The van der Waals surface area contributed by atoms with Gasteiger partial charge in [0.05, 0.1) is 18.8 Å². The molecule has 3 aromatic carbocycles. The van der Waals surface area contributed by atoms with Gasteiger partial charge in [0.15, 0.2) is 17.3 Å². The molecule has 0 saturated carbocycles. The molecule has 2 heterocycles. The molecule has 178 valence electrons. The number of fused-ring (bicyclic) bond motifs is 2. The van der Waals surface area contributed by atoms with Crippen LogP contribution in [0, 0.1) is 6.92 Å². The fourth-order valence-corrected chi connectivity index (χ4v) is 5.72. The lowest BCUT2D eigenvalue weighted by Crippen LogP contribution is -2.49. The number of morpholine rings is 1. The molecule has 0 N–H and O–H groups in total. The molecule has 3 aromatic rings. The highest BCUT2D eigenvalue weighted by Gasteiger charge is 2.48. The third kappa shape index (κ3) is 3.49. The lowest BCUT2D eigenvalue weighted by Gasteiger charge is -2.43. The Hall–Kier alpha value is -3.41. The predicted molar refractivity (Wildman–Crippen MR) is 136 cm³/mol. The van der Waals surface area contributed by atoms with Crippen molar-refractivity contribution in [2.45, 2.75) is 26.3 Å². The van der Waals surface area contributed by atoms with Crippen LogP contribution in [0.2, 0.25) is 0 Å². The van der Waals surface area contributed by atoms with Gasteiger partial charge in [-0.25, -0.2) is 0 Å². The summed E-state index contributed by atoms with van der Waals surface area (Å²) in [7, 11) is 0. The van der Waals surface area contributed by atoms with E-state index in [1.165, 1.54) is 27.8 Å². The zero-order chi connectivity index (χ0) is 24.2. The van der Waals surface area contributed by atoms with Crippen molar-refractivity contribution < 1.29 is 19.0 Å². The monoisotopic (exact) mass is 467 g/mol. The molecule has 1 saturated heterocycles. The standard InChI is InChI=1S/C30H29NO4/c1-19-4-6-22(7-5-19)28-24-16-26-27(35-18-34-26)17-25(24)30(3,31-12-14-33-15-13-31)29(28)23-10-8-21(9-11-23)20(2)32/h4-11,16-17H,12-15,18H2,1-3H3. The van der Waals surface area contributed by atoms with E-state index in [1.807, 2.05) is 12.1 Å².